The van der Waals surface area contributed by atoms with Crippen molar-refractivity contribution < 1.29 is 19.7 Å². The van der Waals surface area contributed by atoms with E-state index < -0.39 is 12.4 Å². The van der Waals surface area contributed by atoms with E-state index in [9.17, 15) is 5.11 Å². The van der Waals surface area contributed by atoms with E-state index in [0.29, 0.717) is 0 Å². The van der Waals surface area contributed by atoms with Crippen molar-refractivity contribution in [3.05, 3.63) is 0 Å². The van der Waals surface area contributed by atoms with Crippen LogP contribution in [0.1, 0.15) is 6.92 Å². The molecule has 1 heterocycles. The zero-order valence-electron chi connectivity index (χ0n) is 6.73. The van der Waals surface area contributed by atoms with Crippen LogP contribution in [0.25, 0.3) is 0 Å². The van der Waals surface area contributed by atoms with Crippen molar-refractivity contribution in [3.63, 3.8) is 0 Å². The highest BCUT2D eigenvalue weighted by atomic mass is 16.7. The number of rotatable bonds is 2. The molecular weight excluding hydrogens is 148 g/mol. The fraction of sp³-hybridized carbons (Fsp3) is 1.00. The van der Waals surface area contributed by atoms with Crippen LogP contribution >= 0.6 is 0 Å². The van der Waals surface area contributed by atoms with Crippen LogP contribution in [-0.2, 0) is 9.47 Å². The van der Waals surface area contributed by atoms with Crippen molar-refractivity contribution >= 4 is 0 Å². The summed E-state index contributed by atoms with van der Waals surface area (Å²) in [6.45, 7) is 1.74. The van der Waals surface area contributed by atoms with E-state index in [1.54, 1.807) is 0 Å². The molecule has 0 aromatic carbocycles. The van der Waals surface area contributed by atoms with Crippen LogP contribution in [-0.4, -0.2) is 42.4 Å². The molecule has 0 saturated carbocycles. The van der Waals surface area contributed by atoms with Crippen LogP contribution < -0.4 is 0 Å². The predicted octanol–water partition coefficient (Wildman–Crippen LogP) is -0.653. The molecule has 1 saturated heterocycles. The number of hydrogen-bond acceptors (Lipinski definition) is 4. The molecule has 4 nitrogen and oxygen atoms in total. The first kappa shape index (κ1) is 8.93. The Labute approximate surface area is 65.7 Å². The van der Waals surface area contributed by atoms with Crippen LogP contribution in [0.15, 0.2) is 0 Å². The standard InChI is InChI=1S/C7H14O4/c1-4-5(3-8)6(9)7(10-2)11-4/h4-9H,3H2,1-2H3. The van der Waals surface area contributed by atoms with Crippen molar-refractivity contribution in [2.45, 2.75) is 25.4 Å². The Hall–Kier alpha value is -0.160. The van der Waals surface area contributed by atoms with Crippen molar-refractivity contribution in [2.24, 2.45) is 5.92 Å². The average molecular weight is 162 g/mol. The normalized spacial score (nSPS) is 44.7. The molecule has 1 aliphatic heterocycles. The maximum atomic E-state index is 9.41. The summed E-state index contributed by atoms with van der Waals surface area (Å²) in [7, 11) is 1.47. The summed E-state index contributed by atoms with van der Waals surface area (Å²) in [6, 6.07) is 0. The lowest BCUT2D eigenvalue weighted by Gasteiger charge is -2.13. The minimum Gasteiger partial charge on any atom is -0.396 e. The summed E-state index contributed by atoms with van der Waals surface area (Å²) in [5.41, 5.74) is 0. The number of hydrogen-bond donors (Lipinski definition) is 2. The Morgan fingerprint density at radius 2 is 2.18 bits per heavy atom. The lowest BCUT2D eigenvalue weighted by molar-refractivity contribution is -0.145. The van der Waals surface area contributed by atoms with Gasteiger partial charge in [-0.1, -0.05) is 0 Å². The molecule has 2 N–H and O–H groups in total. The van der Waals surface area contributed by atoms with Crippen LogP contribution in [0.2, 0.25) is 0 Å². The van der Waals surface area contributed by atoms with Crippen LogP contribution in [0.3, 0.4) is 0 Å². The molecule has 1 fully saturated rings. The van der Waals surface area contributed by atoms with Crippen LogP contribution in [0.5, 0.6) is 0 Å². The minimum absolute atomic E-state index is 0.0673. The number of aliphatic hydroxyl groups is 2. The Morgan fingerprint density at radius 3 is 2.45 bits per heavy atom. The summed E-state index contributed by atoms with van der Waals surface area (Å²) in [6.07, 6.45) is -1.43. The van der Waals surface area contributed by atoms with Gasteiger partial charge in [0.25, 0.3) is 0 Å². The van der Waals surface area contributed by atoms with Crippen molar-refractivity contribution in [3.8, 4) is 0 Å². The van der Waals surface area contributed by atoms with Gasteiger partial charge in [-0.15, -0.1) is 0 Å². The van der Waals surface area contributed by atoms with Crippen molar-refractivity contribution in [2.75, 3.05) is 13.7 Å². The van der Waals surface area contributed by atoms with Gasteiger partial charge in [0.05, 0.1) is 12.7 Å². The highest BCUT2D eigenvalue weighted by Gasteiger charge is 2.40. The van der Waals surface area contributed by atoms with E-state index in [-0.39, 0.29) is 18.6 Å². The lowest BCUT2D eigenvalue weighted by atomic mass is 10.0. The van der Waals surface area contributed by atoms with Gasteiger partial charge < -0.3 is 19.7 Å². The molecule has 4 heteroatoms. The summed E-state index contributed by atoms with van der Waals surface area (Å²) in [4.78, 5) is 0. The quantitative estimate of drug-likeness (QED) is 0.566. The highest BCUT2D eigenvalue weighted by molar-refractivity contribution is 4.83. The molecule has 4 atom stereocenters. The Balaban J connectivity index is 2.55. The molecule has 0 radical (unpaired) electrons. The Kier molecular flexibility index (Phi) is 2.84. The topological polar surface area (TPSA) is 58.9 Å². The summed E-state index contributed by atoms with van der Waals surface area (Å²) in [5, 5.41) is 18.2. The fourth-order valence-electron chi connectivity index (χ4n) is 1.32. The zero-order valence-corrected chi connectivity index (χ0v) is 6.73. The van der Waals surface area contributed by atoms with Gasteiger partial charge in [0.2, 0.25) is 0 Å². The van der Waals surface area contributed by atoms with Crippen LogP contribution in [0, 0.1) is 5.92 Å². The third kappa shape index (κ3) is 1.54. The third-order valence-corrected chi connectivity index (χ3v) is 2.11. The Morgan fingerprint density at radius 1 is 1.55 bits per heavy atom. The largest absolute Gasteiger partial charge is 0.396 e. The Bertz CT molecular complexity index is 128. The second-order valence-electron chi connectivity index (χ2n) is 2.78. The van der Waals surface area contributed by atoms with Gasteiger partial charge in [0.1, 0.15) is 6.10 Å². The molecule has 0 aromatic heterocycles. The molecule has 1 aliphatic rings. The summed E-state index contributed by atoms with van der Waals surface area (Å²) in [5.74, 6) is -0.222. The highest BCUT2D eigenvalue weighted by Crippen LogP contribution is 2.26. The van der Waals surface area contributed by atoms with Gasteiger partial charge in [-0.05, 0) is 6.92 Å². The van der Waals surface area contributed by atoms with E-state index in [0.717, 1.165) is 0 Å². The molecule has 66 valence electrons. The first-order valence-electron chi connectivity index (χ1n) is 3.68. The molecule has 11 heavy (non-hydrogen) atoms. The SMILES string of the molecule is COC1OC(C)C(CO)C1O. The van der Waals surface area contributed by atoms with Gasteiger partial charge >= 0.3 is 0 Å². The van der Waals surface area contributed by atoms with Gasteiger partial charge in [0.15, 0.2) is 6.29 Å². The van der Waals surface area contributed by atoms with E-state index in [2.05, 4.69) is 0 Å². The lowest BCUT2D eigenvalue weighted by Crippen LogP contribution is -2.30. The van der Waals surface area contributed by atoms with Gasteiger partial charge in [0, 0.05) is 13.0 Å². The van der Waals surface area contributed by atoms with Crippen LogP contribution in [0.4, 0.5) is 0 Å². The summed E-state index contributed by atoms with van der Waals surface area (Å²) < 4.78 is 10.0. The number of ether oxygens (including phenoxy) is 2. The predicted molar refractivity (Wildman–Crippen MR) is 37.9 cm³/mol. The number of aliphatic hydroxyl groups excluding tert-OH is 2. The molecule has 0 bridgehead atoms. The average Bonchev–Trinajstić information content (AvgIpc) is 2.26. The smallest absolute Gasteiger partial charge is 0.183 e. The second kappa shape index (κ2) is 3.49. The van der Waals surface area contributed by atoms with Gasteiger partial charge in [-0.25, -0.2) is 0 Å². The van der Waals surface area contributed by atoms with Gasteiger partial charge in [-0.2, -0.15) is 0 Å². The van der Waals surface area contributed by atoms with Crippen molar-refractivity contribution in [1.29, 1.82) is 0 Å². The maximum Gasteiger partial charge on any atom is 0.183 e. The molecule has 4 unspecified atom stereocenters. The molecule has 0 aromatic rings. The van der Waals surface area contributed by atoms with E-state index in [1.165, 1.54) is 7.11 Å². The molecule has 0 aliphatic carbocycles. The third-order valence-electron chi connectivity index (χ3n) is 2.11. The molecular formula is C7H14O4. The van der Waals surface area contributed by atoms with Crippen molar-refractivity contribution in [1.82, 2.24) is 0 Å². The summed E-state index contributed by atoms with van der Waals surface area (Å²) >= 11 is 0. The fourth-order valence-corrected chi connectivity index (χ4v) is 1.32. The zero-order chi connectivity index (χ0) is 8.43. The maximum absolute atomic E-state index is 9.41. The molecule has 0 amide bonds. The first-order valence-corrected chi connectivity index (χ1v) is 3.68. The second-order valence-corrected chi connectivity index (χ2v) is 2.78. The first-order chi connectivity index (χ1) is 5.20. The van der Waals surface area contributed by atoms with E-state index in [4.69, 9.17) is 14.6 Å². The monoisotopic (exact) mass is 162 g/mol. The van der Waals surface area contributed by atoms with Gasteiger partial charge in [-0.3, -0.25) is 0 Å². The van der Waals surface area contributed by atoms with E-state index >= 15 is 0 Å². The van der Waals surface area contributed by atoms with E-state index in [1.807, 2.05) is 6.92 Å². The minimum atomic E-state index is -0.708. The number of methoxy groups -OCH3 is 1. The molecule has 1 rings (SSSR count). The molecule has 0 spiro atoms.